The number of rotatable bonds is 7. The van der Waals surface area contributed by atoms with Gasteiger partial charge in [-0.2, -0.15) is 0 Å². The minimum absolute atomic E-state index is 0.0658. The van der Waals surface area contributed by atoms with Gasteiger partial charge in [-0.05, 0) is 55.7 Å². The van der Waals surface area contributed by atoms with Crippen LogP contribution in [0.1, 0.15) is 49.7 Å². The molecule has 4 heteroatoms. The Bertz CT molecular complexity index is 554. The Morgan fingerprint density at radius 1 is 1.33 bits per heavy atom. The maximum absolute atomic E-state index is 11.7. The van der Waals surface area contributed by atoms with Crippen molar-refractivity contribution in [2.24, 2.45) is 0 Å². The number of hydrogen-bond acceptors (Lipinski definition) is 3. The highest BCUT2D eigenvalue weighted by molar-refractivity contribution is 7.90. The van der Waals surface area contributed by atoms with Crippen LogP contribution in [0.15, 0.2) is 24.3 Å². The molecule has 2 atom stereocenters. The third kappa shape index (κ3) is 5.11. The van der Waals surface area contributed by atoms with Crippen molar-refractivity contribution in [3.05, 3.63) is 35.4 Å². The lowest BCUT2D eigenvalue weighted by atomic mass is 9.80. The van der Waals surface area contributed by atoms with Gasteiger partial charge in [-0.15, -0.1) is 0 Å². The lowest BCUT2D eigenvalue weighted by molar-refractivity contribution is 0.429. The normalized spacial score (nSPS) is 20.0. The maximum atomic E-state index is 11.7. The number of fused-ring (bicyclic) bond motifs is 1. The molecule has 0 spiro atoms. The van der Waals surface area contributed by atoms with Crippen LogP contribution in [0.4, 0.5) is 0 Å². The molecule has 21 heavy (non-hydrogen) atoms. The fourth-order valence-corrected chi connectivity index (χ4v) is 4.35. The Kier molecular flexibility index (Phi) is 5.82. The highest BCUT2D eigenvalue weighted by Crippen LogP contribution is 2.34. The van der Waals surface area contributed by atoms with E-state index in [0.717, 1.165) is 25.8 Å². The van der Waals surface area contributed by atoms with E-state index >= 15 is 0 Å². The van der Waals surface area contributed by atoms with Gasteiger partial charge in [0.15, 0.2) is 0 Å². The van der Waals surface area contributed by atoms with Crippen LogP contribution in [0.3, 0.4) is 0 Å². The summed E-state index contributed by atoms with van der Waals surface area (Å²) in [7, 11) is -2.94. The average Bonchev–Trinajstić information content (AvgIpc) is 2.43. The Labute approximate surface area is 129 Å². The summed E-state index contributed by atoms with van der Waals surface area (Å²) < 4.78 is 23.3. The van der Waals surface area contributed by atoms with Gasteiger partial charge in [0.25, 0.3) is 0 Å². The van der Waals surface area contributed by atoms with E-state index in [1.54, 1.807) is 0 Å². The summed E-state index contributed by atoms with van der Waals surface area (Å²) in [5, 5.41) is 3.42. The molecule has 1 aliphatic rings. The minimum atomic E-state index is -2.94. The topological polar surface area (TPSA) is 46.2 Å². The van der Waals surface area contributed by atoms with Crippen molar-refractivity contribution in [3.63, 3.8) is 0 Å². The molecule has 0 saturated carbocycles. The first-order valence-electron chi connectivity index (χ1n) is 7.98. The molecule has 2 rings (SSSR count). The molecule has 1 N–H and O–H groups in total. The van der Waals surface area contributed by atoms with Crippen molar-refractivity contribution in [1.82, 2.24) is 5.32 Å². The Hall–Kier alpha value is -0.870. The summed E-state index contributed by atoms with van der Waals surface area (Å²) in [5.41, 5.74) is 2.88. The molecule has 1 aliphatic carbocycles. The average molecular weight is 309 g/mol. The predicted molar refractivity (Wildman–Crippen MR) is 88.5 cm³/mol. The zero-order valence-electron chi connectivity index (χ0n) is 13.1. The van der Waals surface area contributed by atoms with Crippen molar-refractivity contribution in [1.29, 1.82) is 0 Å². The Balaban J connectivity index is 2.09. The fraction of sp³-hybridized carbons (Fsp3) is 0.647. The van der Waals surface area contributed by atoms with Crippen molar-refractivity contribution in [2.75, 3.05) is 18.6 Å². The van der Waals surface area contributed by atoms with Crippen molar-refractivity contribution < 1.29 is 8.42 Å². The van der Waals surface area contributed by atoms with E-state index in [-0.39, 0.29) is 11.8 Å². The summed E-state index contributed by atoms with van der Waals surface area (Å²) in [6.07, 6.45) is 6.83. The first-order chi connectivity index (χ1) is 9.99. The summed E-state index contributed by atoms with van der Waals surface area (Å²) in [6, 6.07) is 8.70. The molecule has 0 amide bonds. The first-order valence-corrected chi connectivity index (χ1v) is 10.0. The van der Waals surface area contributed by atoms with Crippen molar-refractivity contribution in [3.8, 4) is 0 Å². The van der Waals surface area contributed by atoms with E-state index in [1.165, 1.54) is 30.2 Å². The zero-order valence-corrected chi connectivity index (χ0v) is 14.0. The molecule has 0 radical (unpaired) electrons. The van der Waals surface area contributed by atoms with Gasteiger partial charge in [0.05, 0.1) is 5.75 Å². The van der Waals surface area contributed by atoms with Crippen molar-refractivity contribution in [2.45, 2.75) is 51.0 Å². The highest BCUT2D eigenvalue weighted by atomic mass is 32.2. The van der Waals surface area contributed by atoms with Crippen LogP contribution in [0.5, 0.6) is 0 Å². The van der Waals surface area contributed by atoms with E-state index in [9.17, 15) is 8.42 Å². The second kappa shape index (κ2) is 7.41. The molecule has 1 aromatic rings. The van der Waals surface area contributed by atoms with Gasteiger partial charge < -0.3 is 5.32 Å². The quantitative estimate of drug-likeness (QED) is 0.842. The predicted octanol–water partition coefficient (Wildman–Crippen LogP) is 2.91. The van der Waals surface area contributed by atoms with Crippen LogP contribution in [0, 0.1) is 0 Å². The van der Waals surface area contributed by atoms with Gasteiger partial charge in [-0.3, -0.25) is 0 Å². The fourth-order valence-electron chi connectivity index (χ4n) is 3.37. The molecule has 0 aromatic heterocycles. The second-order valence-corrected chi connectivity index (χ2v) is 8.45. The zero-order chi connectivity index (χ0) is 15.3. The molecule has 0 heterocycles. The largest absolute Gasteiger partial charge is 0.313 e. The van der Waals surface area contributed by atoms with Gasteiger partial charge in [0.1, 0.15) is 9.84 Å². The summed E-state index contributed by atoms with van der Waals surface area (Å²) in [4.78, 5) is 0. The molecule has 0 bridgehead atoms. The molecule has 118 valence electrons. The molecule has 0 aliphatic heterocycles. The Morgan fingerprint density at radius 3 is 2.81 bits per heavy atom. The SMILES string of the molecule is CCCNC(CC1CCCc2ccccc21)CS(C)(=O)=O. The lowest BCUT2D eigenvalue weighted by Crippen LogP contribution is -2.37. The monoisotopic (exact) mass is 309 g/mol. The summed E-state index contributed by atoms with van der Waals surface area (Å²) in [5.74, 6) is 0.733. The van der Waals surface area contributed by atoms with Crippen LogP contribution >= 0.6 is 0 Å². The van der Waals surface area contributed by atoms with E-state index in [1.807, 2.05) is 0 Å². The van der Waals surface area contributed by atoms with Gasteiger partial charge in [0, 0.05) is 12.3 Å². The van der Waals surface area contributed by atoms with Gasteiger partial charge >= 0.3 is 0 Å². The smallest absolute Gasteiger partial charge is 0.148 e. The number of nitrogens with one attached hydrogen (secondary N) is 1. The van der Waals surface area contributed by atoms with Crippen LogP contribution in [-0.2, 0) is 16.3 Å². The summed E-state index contributed by atoms with van der Waals surface area (Å²) in [6.45, 7) is 3.00. The number of sulfone groups is 1. The van der Waals surface area contributed by atoms with E-state index < -0.39 is 9.84 Å². The number of hydrogen-bond donors (Lipinski definition) is 1. The van der Waals surface area contributed by atoms with Gasteiger partial charge in [-0.1, -0.05) is 31.2 Å². The van der Waals surface area contributed by atoms with E-state index in [4.69, 9.17) is 0 Å². The van der Waals surface area contributed by atoms with Gasteiger partial charge in [-0.25, -0.2) is 8.42 Å². The molecule has 0 fully saturated rings. The third-order valence-electron chi connectivity index (χ3n) is 4.25. The minimum Gasteiger partial charge on any atom is -0.313 e. The lowest BCUT2D eigenvalue weighted by Gasteiger charge is -2.29. The first kappa shape index (κ1) is 16.5. The highest BCUT2D eigenvalue weighted by Gasteiger charge is 2.24. The van der Waals surface area contributed by atoms with E-state index in [0.29, 0.717) is 5.92 Å². The molecular formula is C17H27NO2S. The van der Waals surface area contributed by atoms with Crippen LogP contribution in [-0.4, -0.2) is 33.0 Å². The molecule has 1 aromatic carbocycles. The Morgan fingerprint density at radius 2 is 2.10 bits per heavy atom. The molecule has 3 nitrogen and oxygen atoms in total. The molecule has 2 unspecified atom stereocenters. The van der Waals surface area contributed by atoms with E-state index in [2.05, 4.69) is 36.5 Å². The summed E-state index contributed by atoms with van der Waals surface area (Å²) >= 11 is 0. The van der Waals surface area contributed by atoms with Crippen molar-refractivity contribution >= 4 is 9.84 Å². The second-order valence-electron chi connectivity index (χ2n) is 6.27. The number of benzene rings is 1. The van der Waals surface area contributed by atoms with Crippen LogP contribution in [0.2, 0.25) is 0 Å². The molecule has 0 saturated heterocycles. The standard InChI is InChI=1S/C17H27NO2S/c1-3-11-18-16(13-21(2,19)20)12-15-9-6-8-14-7-4-5-10-17(14)15/h4-5,7,10,15-16,18H,3,6,8-9,11-13H2,1-2H3. The van der Waals surface area contributed by atoms with Gasteiger partial charge in [0.2, 0.25) is 0 Å². The third-order valence-corrected chi connectivity index (χ3v) is 5.26. The molecular weight excluding hydrogens is 282 g/mol. The van der Waals surface area contributed by atoms with Crippen LogP contribution < -0.4 is 5.32 Å². The maximum Gasteiger partial charge on any atom is 0.148 e. The number of aryl methyl sites for hydroxylation is 1. The van der Waals surface area contributed by atoms with Crippen LogP contribution in [0.25, 0.3) is 0 Å².